The van der Waals surface area contributed by atoms with E-state index in [0.717, 1.165) is 21.4 Å². The van der Waals surface area contributed by atoms with Crippen LogP contribution < -0.4 is 25.8 Å². The molecule has 15 nitrogen and oxygen atoms in total. The van der Waals surface area contributed by atoms with Crippen LogP contribution in [0.3, 0.4) is 0 Å². The van der Waals surface area contributed by atoms with Gasteiger partial charge >= 0.3 is 12.1 Å². The van der Waals surface area contributed by atoms with Crippen LogP contribution in [0.25, 0.3) is 10.2 Å². The van der Waals surface area contributed by atoms with Crippen molar-refractivity contribution in [2.75, 3.05) is 59.7 Å². The molecule has 16 heteroatoms. The molecule has 0 saturated carbocycles. The van der Waals surface area contributed by atoms with E-state index in [1.165, 1.54) is 16.3 Å². The number of carbonyl (C=O) groups is 4. The number of piperazine rings is 1. The lowest BCUT2D eigenvalue weighted by molar-refractivity contribution is -0.157. The summed E-state index contributed by atoms with van der Waals surface area (Å²) in [6.45, 7) is 1.36. The SMILES string of the molecule is C#CCN(C(=O)NCc1ccc(OC)cc1)N1CC(=O)N2[C@@H](Cc3ccc(OC(=O)NCCN(C)C)cc3)C(=O)N(Cc3cccc4sc(N)nc34)C[C@@H]21. The zero-order valence-corrected chi connectivity index (χ0v) is 31.2. The highest BCUT2D eigenvalue weighted by Gasteiger charge is 2.52. The van der Waals surface area contributed by atoms with Crippen LogP contribution in [0.15, 0.2) is 66.7 Å². The van der Waals surface area contributed by atoms with Crippen LogP contribution in [-0.4, -0.2) is 120 Å². The number of nitrogens with one attached hydrogen (secondary N) is 2. The van der Waals surface area contributed by atoms with Gasteiger partial charge in [0.1, 0.15) is 23.7 Å². The average molecular weight is 754 g/mol. The Morgan fingerprint density at radius 3 is 2.46 bits per heavy atom. The molecule has 2 saturated heterocycles. The molecule has 0 spiro atoms. The third-order valence-electron chi connectivity index (χ3n) is 9.23. The Labute approximate surface area is 317 Å². The van der Waals surface area contributed by atoms with Crippen molar-refractivity contribution in [1.82, 2.24) is 40.3 Å². The second kappa shape index (κ2) is 16.8. The maximum atomic E-state index is 14.4. The number of urea groups is 1. The summed E-state index contributed by atoms with van der Waals surface area (Å²) < 4.78 is 11.5. The topological polar surface area (TPSA) is 166 Å². The van der Waals surface area contributed by atoms with Crippen molar-refractivity contribution in [1.29, 1.82) is 0 Å². The molecule has 2 aliphatic rings. The predicted octanol–water partition coefficient (Wildman–Crippen LogP) is 2.72. The number of rotatable bonds is 13. The number of likely N-dealkylation sites (N-methyl/N-ethyl adjacent to an activating group) is 1. The van der Waals surface area contributed by atoms with Crippen molar-refractivity contribution in [3.05, 3.63) is 83.4 Å². The van der Waals surface area contributed by atoms with Crippen LogP contribution in [0.1, 0.15) is 16.7 Å². The summed E-state index contributed by atoms with van der Waals surface area (Å²) >= 11 is 1.36. The van der Waals surface area contributed by atoms with Crippen LogP contribution in [0, 0.1) is 12.3 Å². The number of fused-ring (bicyclic) bond motifs is 2. The largest absolute Gasteiger partial charge is 0.497 e. The predicted molar refractivity (Wildman–Crippen MR) is 204 cm³/mol. The van der Waals surface area contributed by atoms with Gasteiger partial charge in [0.2, 0.25) is 11.8 Å². The molecular weight excluding hydrogens is 711 g/mol. The second-order valence-electron chi connectivity index (χ2n) is 13.2. The zero-order valence-electron chi connectivity index (χ0n) is 30.4. The molecule has 54 heavy (non-hydrogen) atoms. The second-order valence-corrected chi connectivity index (χ2v) is 14.2. The fourth-order valence-electron chi connectivity index (χ4n) is 6.57. The highest BCUT2D eigenvalue weighted by Crippen LogP contribution is 2.32. The number of aromatic nitrogens is 1. The lowest BCUT2D eigenvalue weighted by atomic mass is 9.99. The van der Waals surface area contributed by atoms with Crippen molar-refractivity contribution in [3.8, 4) is 23.8 Å². The number of carbonyl (C=O) groups excluding carboxylic acids is 4. The van der Waals surface area contributed by atoms with Crippen LogP contribution in [0.5, 0.6) is 11.5 Å². The Bertz CT molecular complexity index is 2030. The van der Waals surface area contributed by atoms with Crippen molar-refractivity contribution >= 4 is 50.6 Å². The molecule has 2 fully saturated rings. The summed E-state index contributed by atoms with van der Waals surface area (Å²) in [5.74, 6) is 3.01. The van der Waals surface area contributed by atoms with E-state index < -0.39 is 24.3 Å². The number of hydrogen-bond donors (Lipinski definition) is 3. The van der Waals surface area contributed by atoms with Crippen LogP contribution in [0.4, 0.5) is 14.7 Å². The standard InChI is InChI=1S/C38H43N9O6S/c1-5-18-45(37(50)41-21-26-11-13-28(52-4)14-12-26)46-24-33(48)47-30(20-25-9-15-29(16-10-25)53-38(51)40-17-19-43(2)3)35(49)44(23-32(46)47)22-27-7-6-8-31-34(27)42-36(39)54-31/h1,6-16,30,32H,17-24H2,2-4H3,(H2,39,42)(H,40,51)(H,41,50)/t30-,32+/m0/s1. The highest BCUT2D eigenvalue weighted by atomic mass is 32.1. The average Bonchev–Trinajstić information content (AvgIpc) is 3.70. The van der Waals surface area contributed by atoms with Gasteiger partial charge in [0.25, 0.3) is 0 Å². The minimum Gasteiger partial charge on any atom is -0.497 e. The summed E-state index contributed by atoms with van der Waals surface area (Å²) in [6, 6.07) is 18.5. The van der Waals surface area contributed by atoms with Gasteiger partial charge in [-0.05, 0) is 61.1 Å². The van der Waals surface area contributed by atoms with Crippen molar-refractivity contribution < 1.29 is 28.7 Å². The minimum absolute atomic E-state index is 0.105. The Morgan fingerprint density at radius 2 is 1.76 bits per heavy atom. The number of hydrazine groups is 1. The normalized spacial score (nSPS) is 17.0. The molecule has 5 amide bonds. The molecule has 0 radical (unpaired) electrons. The molecule has 0 unspecified atom stereocenters. The summed E-state index contributed by atoms with van der Waals surface area (Å²) in [7, 11) is 5.39. The first-order chi connectivity index (χ1) is 26.0. The monoisotopic (exact) mass is 753 g/mol. The number of hydrogen-bond acceptors (Lipinski definition) is 11. The lowest BCUT2D eigenvalue weighted by Gasteiger charge is -2.46. The van der Waals surface area contributed by atoms with Gasteiger partial charge in [-0.1, -0.05) is 53.7 Å². The van der Waals surface area contributed by atoms with E-state index in [-0.39, 0.29) is 51.0 Å². The number of thiazole rings is 1. The number of terminal acetylenes is 1. The van der Waals surface area contributed by atoms with Gasteiger partial charge in [0, 0.05) is 32.6 Å². The molecule has 4 N–H and O–H groups in total. The Morgan fingerprint density at radius 1 is 1.04 bits per heavy atom. The van der Waals surface area contributed by atoms with E-state index in [1.54, 1.807) is 58.3 Å². The van der Waals surface area contributed by atoms with E-state index in [2.05, 4.69) is 21.5 Å². The van der Waals surface area contributed by atoms with Crippen molar-refractivity contribution in [2.45, 2.75) is 31.7 Å². The highest BCUT2D eigenvalue weighted by molar-refractivity contribution is 7.22. The first-order valence-electron chi connectivity index (χ1n) is 17.4. The van der Waals surface area contributed by atoms with Gasteiger partial charge in [-0.3, -0.25) is 9.59 Å². The van der Waals surface area contributed by atoms with Gasteiger partial charge in [0.15, 0.2) is 5.13 Å². The molecule has 3 heterocycles. The molecule has 2 aliphatic heterocycles. The molecule has 1 aromatic heterocycles. The lowest BCUT2D eigenvalue weighted by Crippen LogP contribution is -2.66. The van der Waals surface area contributed by atoms with Crippen LogP contribution >= 0.6 is 11.3 Å². The third kappa shape index (κ3) is 8.66. The molecule has 2 atom stereocenters. The number of methoxy groups -OCH3 is 1. The van der Waals surface area contributed by atoms with E-state index in [1.807, 2.05) is 49.3 Å². The maximum absolute atomic E-state index is 14.4. The van der Waals surface area contributed by atoms with E-state index in [0.29, 0.717) is 35.2 Å². The molecule has 0 bridgehead atoms. The molecule has 4 aromatic rings. The summed E-state index contributed by atoms with van der Waals surface area (Å²) in [5, 5.41) is 9.04. The van der Waals surface area contributed by atoms with E-state index in [9.17, 15) is 19.2 Å². The molecule has 0 aliphatic carbocycles. The summed E-state index contributed by atoms with van der Waals surface area (Å²) in [4.78, 5) is 64.0. The first-order valence-corrected chi connectivity index (χ1v) is 18.2. The van der Waals surface area contributed by atoms with Gasteiger partial charge in [-0.2, -0.15) is 5.01 Å². The number of amides is 5. The fraction of sp³-hybridized carbons (Fsp3) is 0.342. The molecule has 282 valence electrons. The van der Waals surface area contributed by atoms with Crippen molar-refractivity contribution in [3.63, 3.8) is 0 Å². The summed E-state index contributed by atoms with van der Waals surface area (Å²) in [5.41, 5.74) is 9.14. The molecule has 6 rings (SSSR count). The Kier molecular flexibility index (Phi) is 11.8. The number of nitrogens with zero attached hydrogens (tertiary/aromatic N) is 6. The maximum Gasteiger partial charge on any atom is 0.412 e. The van der Waals surface area contributed by atoms with Crippen LogP contribution in [0.2, 0.25) is 0 Å². The Balaban J connectivity index is 1.25. The van der Waals surface area contributed by atoms with Crippen LogP contribution in [-0.2, 0) is 29.1 Å². The number of anilines is 1. The number of nitrogens with two attached hydrogens (primary N) is 1. The molecular formula is C38H43N9O6S. The van der Waals surface area contributed by atoms with Gasteiger partial charge in [-0.25, -0.2) is 19.6 Å². The number of nitrogen functional groups attached to an aromatic ring is 1. The zero-order chi connectivity index (χ0) is 38.4. The quantitative estimate of drug-likeness (QED) is 0.173. The number of para-hydroxylation sites is 1. The van der Waals surface area contributed by atoms with Gasteiger partial charge in [0.05, 0.1) is 37.0 Å². The first kappa shape index (κ1) is 37.9. The van der Waals surface area contributed by atoms with Crippen molar-refractivity contribution in [2.24, 2.45) is 0 Å². The van der Waals surface area contributed by atoms with Gasteiger partial charge in [-0.15, -0.1) is 6.42 Å². The Hall–Kier alpha value is -5.89. The fourth-order valence-corrected chi connectivity index (χ4v) is 7.35. The molecule has 3 aromatic carbocycles. The minimum atomic E-state index is -0.905. The van der Waals surface area contributed by atoms with E-state index in [4.69, 9.17) is 21.6 Å². The third-order valence-corrected chi connectivity index (χ3v) is 10.1. The summed E-state index contributed by atoms with van der Waals surface area (Å²) in [6.07, 6.45) is 4.66. The van der Waals surface area contributed by atoms with Gasteiger partial charge < -0.3 is 40.5 Å². The smallest absolute Gasteiger partial charge is 0.412 e. The number of ether oxygens (including phenoxy) is 2. The number of benzene rings is 3. The van der Waals surface area contributed by atoms with E-state index >= 15 is 0 Å².